The van der Waals surface area contributed by atoms with Crippen molar-refractivity contribution in [1.82, 2.24) is 9.78 Å². The lowest BCUT2D eigenvalue weighted by Gasteiger charge is -2.06. The van der Waals surface area contributed by atoms with E-state index in [0.29, 0.717) is 12.2 Å². The second kappa shape index (κ2) is 10.4. The molecule has 9 heteroatoms. The molecule has 0 aliphatic heterocycles. The molecule has 0 spiro atoms. The number of nitrogens with one attached hydrogen (secondary N) is 1. The summed E-state index contributed by atoms with van der Waals surface area (Å²) in [6.45, 7) is 5.96. The van der Waals surface area contributed by atoms with Gasteiger partial charge in [0.1, 0.15) is 0 Å². The fraction of sp³-hybridized carbons (Fsp3) is 0.208. The Kier molecular flexibility index (Phi) is 7.34. The lowest BCUT2D eigenvalue weighted by molar-refractivity contribution is -0.384. The first kappa shape index (κ1) is 23.4. The number of hydrogen-bond acceptors (Lipinski definition) is 6. The second-order valence-electron chi connectivity index (χ2n) is 7.52. The van der Waals surface area contributed by atoms with Gasteiger partial charge in [-0.1, -0.05) is 29.8 Å². The molecule has 0 bridgehead atoms. The third-order valence-corrected chi connectivity index (χ3v) is 4.98. The zero-order valence-corrected chi connectivity index (χ0v) is 18.6. The van der Waals surface area contributed by atoms with Crippen LogP contribution in [0.1, 0.15) is 28.1 Å². The van der Waals surface area contributed by atoms with Gasteiger partial charge in [0.05, 0.1) is 17.2 Å². The highest BCUT2D eigenvalue weighted by Crippen LogP contribution is 2.17. The number of nitro benzene ring substituents is 1. The Balaban J connectivity index is 1.54. The van der Waals surface area contributed by atoms with Crippen LogP contribution in [0.3, 0.4) is 0 Å². The predicted octanol–water partition coefficient (Wildman–Crippen LogP) is 3.96. The van der Waals surface area contributed by atoms with Crippen LogP contribution in [-0.4, -0.2) is 33.2 Å². The van der Waals surface area contributed by atoms with Crippen molar-refractivity contribution in [2.45, 2.75) is 27.3 Å². The van der Waals surface area contributed by atoms with Crippen LogP contribution >= 0.6 is 0 Å². The number of rotatable bonds is 8. The molecule has 3 aromatic rings. The standard InChI is InChI=1S/C24H24N4O5/c1-16-4-6-19(7-5-16)14-27-18(3)22(17(2)26-27)12-13-24(30)33-15-23(29)25-20-8-10-21(11-9-20)28(31)32/h4-13H,14-15H2,1-3H3,(H,25,29)/b13-12+. The lowest BCUT2D eigenvalue weighted by Crippen LogP contribution is -2.20. The molecule has 0 unspecified atom stereocenters. The minimum absolute atomic E-state index is 0.0858. The molecule has 1 N–H and O–H groups in total. The average Bonchev–Trinajstić information content (AvgIpc) is 3.05. The summed E-state index contributed by atoms with van der Waals surface area (Å²) in [5, 5.41) is 17.7. The number of benzene rings is 2. The van der Waals surface area contributed by atoms with E-state index in [-0.39, 0.29) is 5.69 Å². The molecule has 1 heterocycles. The molecule has 33 heavy (non-hydrogen) atoms. The number of esters is 1. The maximum Gasteiger partial charge on any atom is 0.331 e. The molecule has 0 fully saturated rings. The van der Waals surface area contributed by atoms with Gasteiger partial charge >= 0.3 is 5.97 Å². The zero-order valence-electron chi connectivity index (χ0n) is 18.6. The Morgan fingerprint density at radius 2 is 1.76 bits per heavy atom. The van der Waals surface area contributed by atoms with Gasteiger partial charge in [0.25, 0.3) is 11.6 Å². The van der Waals surface area contributed by atoms with Gasteiger partial charge in [0, 0.05) is 35.2 Å². The van der Waals surface area contributed by atoms with Crippen LogP contribution in [0.15, 0.2) is 54.6 Å². The van der Waals surface area contributed by atoms with Crippen LogP contribution in [0.25, 0.3) is 6.08 Å². The number of hydrogen-bond donors (Lipinski definition) is 1. The molecule has 0 aliphatic rings. The number of carbonyl (C=O) groups is 2. The van der Waals surface area contributed by atoms with Gasteiger partial charge in [-0.15, -0.1) is 0 Å². The third kappa shape index (κ3) is 6.36. The summed E-state index contributed by atoms with van der Waals surface area (Å²) < 4.78 is 6.86. The quantitative estimate of drug-likeness (QED) is 0.241. The summed E-state index contributed by atoms with van der Waals surface area (Å²) in [5.74, 6) is -1.22. The summed E-state index contributed by atoms with van der Waals surface area (Å²) in [4.78, 5) is 34.1. The molecule has 1 aromatic heterocycles. The molecule has 170 valence electrons. The van der Waals surface area contributed by atoms with E-state index in [9.17, 15) is 19.7 Å². The number of amides is 1. The van der Waals surface area contributed by atoms with E-state index in [0.717, 1.165) is 22.5 Å². The van der Waals surface area contributed by atoms with Crippen molar-refractivity contribution in [3.63, 3.8) is 0 Å². The van der Waals surface area contributed by atoms with Crippen molar-refractivity contribution >= 4 is 29.3 Å². The van der Waals surface area contributed by atoms with E-state index < -0.39 is 23.4 Å². The fourth-order valence-corrected chi connectivity index (χ4v) is 3.17. The van der Waals surface area contributed by atoms with Crippen molar-refractivity contribution in [2.24, 2.45) is 0 Å². The van der Waals surface area contributed by atoms with Crippen LogP contribution in [0, 0.1) is 30.9 Å². The minimum atomic E-state index is -0.668. The molecular formula is C24H24N4O5. The molecule has 2 aromatic carbocycles. The highest BCUT2D eigenvalue weighted by atomic mass is 16.6. The third-order valence-electron chi connectivity index (χ3n) is 4.98. The first-order valence-corrected chi connectivity index (χ1v) is 10.2. The van der Waals surface area contributed by atoms with Crippen molar-refractivity contribution in [3.05, 3.63) is 92.8 Å². The largest absolute Gasteiger partial charge is 0.452 e. The van der Waals surface area contributed by atoms with E-state index in [2.05, 4.69) is 34.7 Å². The molecule has 9 nitrogen and oxygen atoms in total. The number of aromatic nitrogens is 2. The summed E-state index contributed by atoms with van der Waals surface area (Å²) in [6.07, 6.45) is 2.88. The van der Waals surface area contributed by atoms with Crippen LogP contribution < -0.4 is 5.32 Å². The predicted molar refractivity (Wildman–Crippen MR) is 124 cm³/mol. The maximum absolute atomic E-state index is 12.1. The molecule has 1 amide bonds. The van der Waals surface area contributed by atoms with Gasteiger partial charge in [-0.3, -0.25) is 19.6 Å². The second-order valence-corrected chi connectivity index (χ2v) is 7.52. The molecule has 3 rings (SSSR count). The van der Waals surface area contributed by atoms with Gasteiger partial charge in [-0.2, -0.15) is 5.10 Å². The number of non-ortho nitro benzene ring substituents is 1. The summed E-state index contributed by atoms with van der Waals surface area (Å²) >= 11 is 0. The van der Waals surface area contributed by atoms with Gasteiger partial charge in [0.15, 0.2) is 6.61 Å². The van der Waals surface area contributed by atoms with Crippen molar-refractivity contribution in [3.8, 4) is 0 Å². The molecular weight excluding hydrogens is 424 g/mol. The maximum atomic E-state index is 12.1. The van der Waals surface area contributed by atoms with Crippen molar-refractivity contribution in [1.29, 1.82) is 0 Å². The number of anilines is 1. The Morgan fingerprint density at radius 3 is 2.39 bits per heavy atom. The first-order valence-electron chi connectivity index (χ1n) is 10.2. The van der Waals surface area contributed by atoms with Crippen LogP contribution in [0.2, 0.25) is 0 Å². The summed E-state index contributed by atoms with van der Waals surface area (Å²) in [5.41, 5.74) is 5.10. The normalized spacial score (nSPS) is 10.9. The monoisotopic (exact) mass is 448 g/mol. The van der Waals surface area contributed by atoms with Gasteiger partial charge in [0.2, 0.25) is 0 Å². The highest BCUT2D eigenvalue weighted by Gasteiger charge is 2.11. The molecule has 0 atom stereocenters. The SMILES string of the molecule is Cc1ccc(Cn2nc(C)c(/C=C/C(=O)OCC(=O)Nc3ccc([N+](=O)[O-])cc3)c2C)cc1. The molecule has 0 saturated carbocycles. The van der Waals surface area contributed by atoms with Gasteiger partial charge in [-0.05, 0) is 44.5 Å². The van der Waals surface area contributed by atoms with Crippen LogP contribution in [0.5, 0.6) is 0 Å². The Hall–Kier alpha value is -4.27. The summed E-state index contributed by atoms with van der Waals surface area (Å²) in [7, 11) is 0. The fourth-order valence-electron chi connectivity index (χ4n) is 3.17. The number of nitrogens with zero attached hydrogens (tertiary/aromatic N) is 3. The van der Waals surface area contributed by atoms with Crippen molar-refractivity contribution in [2.75, 3.05) is 11.9 Å². The average molecular weight is 448 g/mol. The van der Waals surface area contributed by atoms with E-state index >= 15 is 0 Å². The number of carbonyl (C=O) groups excluding carboxylic acids is 2. The zero-order chi connectivity index (χ0) is 24.0. The minimum Gasteiger partial charge on any atom is -0.452 e. The molecule has 0 aliphatic carbocycles. The van der Waals surface area contributed by atoms with E-state index in [1.54, 1.807) is 6.08 Å². The van der Waals surface area contributed by atoms with E-state index in [4.69, 9.17) is 4.74 Å². The van der Waals surface area contributed by atoms with Crippen molar-refractivity contribution < 1.29 is 19.2 Å². The highest BCUT2D eigenvalue weighted by molar-refractivity contribution is 5.94. The molecule has 0 saturated heterocycles. The Morgan fingerprint density at radius 1 is 1.09 bits per heavy atom. The van der Waals surface area contributed by atoms with Crippen LogP contribution in [-0.2, 0) is 20.9 Å². The number of aryl methyl sites for hydroxylation is 2. The van der Waals surface area contributed by atoms with Gasteiger partial charge < -0.3 is 10.1 Å². The lowest BCUT2D eigenvalue weighted by atomic mass is 10.1. The Bertz CT molecular complexity index is 1190. The summed E-state index contributed by atoms with van der Waals surface area (Å²) in [6, 6.07) is 13.6. The smallest absolute Gasteiger partial charge is 0.331 e. The van der Waals surface area contributed by atoms with E-state index in [1.807, 2.05) is 25.5 Å². The number of nitro groups is 1. The Labute approximate surface area is 190 Å². The van der Waals surface area contributed by atoms with E-state index in [1.165, 1.54) is 35.9 Å². The van der Waals surface area contributed by atoms with Crippen LogP contribution in [0.4, 0.5) is 11.4 Å². The first-order chi connectivity index (χ1) is 15.7. The number of ether oxygens (including phenoxy) is 1. The molecule has 0 radical (unpaired) electrons. The van der Waals surface area contributed by atoms with Gasteiger partial charge in [-0.25, -0.2) is 4.79 Å². The topological polar surface area (TPSA) is 116 Å².